The van der Waals surface area contributed by atoms with Gasteiger partial charge in [-0.25, -0.2) is 23.7 Å². The van der Waals surface area contributed by atoms with Gasteiger partial charge in [0.05, 0.1) is 35.4 Å². The van der Waals surface area contributed by atoms with Gasteiger partial charge in [-0.05, 0) is 58.3 Å². The molecule has 0 fully saturated rings. The van der Waals surface area contributed by atoms with Crippen LogP contribution in [0.4, 0.5) is 31.8 Å². The lowest BCUT2D eigenvalue weighted by Gasteiger charge is -2.26. The summed E-state index contributed by atoms with van der Waals surface area (Å²) in [6.45, 7) is 8.04. The number of halogens is 2. The van der Waals surface area contributed by atoms with Gasteiger partial charge in [0.1, 0.15) is 23.8 Å². The molecular weight excluding hydrogens is 542 g/mol. The third-order valence-corrected chi connectivity index (χ3v) is 6.71. The number of carbonyl (C=O) groups excluding carboxylic acids is 1. The maximum atomic E-state index is 15.1. The molecule has 4 rings (SSSR count). The molecule has 1 amide bonds. The monoisotopic (exact) mass is 578 g/mol. The summed E-state index contributed by atoms with van der Waals surface area (Å²) in [4.78, 5) is 29.5. The van der Waals surface area contributed by atoms with Gasteiger partial charge in [-0.3, -0.25) is 4.79 Å². The second-order valence-corrected chi connectivity index (χ2v) is 10.3. The van der Waals surface area contributed by atoms with Crippen LogP contribution in [0.5, 0.6) is 5.75 Å². The number of fused-ring (bicyclic) bond motifs is 1. The summed E-state index contributed by atoms with van der Waals surface area (Å²) in [6.07, 6.45) is 2.75. The third-order valence-electron chi connectivity index (χ3n) is 6.71. The van der Waals surface area contributed by atoms with Gasteiger partial charge in [-0.2, -0.15) is 0 Å². The van der Waals surface area contributed by atoms with E-state index >= 15 is 4.39 Å². The van der Waals surface area contributed by atoms with Crippen molar-refractivity contribution < 1.29 is 18.3 Å². The molecule has 12 heteroatoms. The average Bonchev–Trinajstić information content (AvgIpc) is 3.36. The van der Waals surface area contributed by atoms with Crippen LogP contribution in [-0.4, -0.2) is 71.7 Å². The fourth-order valence-corrected chi connectivity index (χ4v) is 4.63. The lowest BCUT2D eigenvalue weighted by atomic mass is 10.1. The second kappa shape index (κ2) is 12.9. The van der Waals surface area contributed by atoms with Crippen molar-refractivity contribution in [2.45, 2.75) is 26.6 Å². The Bertz CT molecular complexity index is 1600. The van der Waals surface area contributed by atoms with Gasteiger partial charge < -0.3 is 29.7 Å². The van der Waals surface area contributed by atoms with Crippen molar-refractivity contribution >= 4 is 40.0 Å². The smallest absolute Gasteiger partial charge is 0.247 e. The van der Waals surface area contributed by atoms with E-state index in [1.807, 2.05) is 46.0 Å². The minimum absolute atomic E-state index is 0.113. The number of likely N-dealkylation sites (N-methyl/N-ethyl adjacent to an activating group) is 2. The Kier molecular flexibility index (Phi) is 9.36. The van der Waals surface area contributed by atoms with Gasteiger partial charge in [0.15, 0.2) is 5.82 Å². The Morgan fingerprint density at radius 1 is 1.14 bits per heavy atom. The molecule has 0 saturated heterocycles. The summed E-state index contributed by atoms with van der Waals surface area (Å²) in [5.41, 5.74) is 3.33. The quantitative estimate of drug-likeness (QED) is 0.211. The first-order valence-electron chi connectivity index (χ1n) is 13.4. The van der Waals surface area contributed by atoms with Crippen LogP contribution < -0.4 is 20.3 Å². The van der Waals surface area contributed by atoms with E-state index in [0.29, 0.717) is 40.4 Å². The molecule has 42 heavy (non-hydrogen) atoms. The molecule has 2 N–H and O–H groups in total. The number of hydrogen-bond acceptors (Lipinski definition) is 8. The van der Waals surface area contributed by atoms with Crippen molar-refractivity contribution in [3.8, 4) is 17.0 Å². The van der Waals surface area contributed by atoms with Gasteiger partial charge >= 0.3 is 0 Å². The summed E-state index contributed by atoms with van der Waals surface area (Å²) in [6, 6.07) is 8.18. The van der Waals surface area contributed by atoms with E-state index < -0.39 is 12.5 Å². The number of hydrogen-bond donors (Lipinski definition) is 2. The number of imidazole rings is 1. The summed E-state index contributed by atoms with van der Waals surface area (Å²) < 4.78 is 36.1. The van der Waals surface area contributed by atoms with Crippen LogP contribution in [-0.2, 0) is 11.5 Å². The molecule has 0 aliphatic rings. The van der Waals surface area contributed by atoms with E-state index in [9.17, 15) is 9.18 Å². The summed E-state index contributed by atoms with van der Waals surface area (Å²) in [5.74, 6) is -0.0332. The highest BCUT2D eigenvalue weighted by Gasteiger charge is 2.19. The van der Waals surface area contributed by atoms with Crippen LogP contribution in [0.25, 0.3) is 22.3 Å². The number of ether oxygens (including phenoxy) is 1. The number of amides is 1. The molecule has 2 aromatic carbocycles. The van der Waals surface area contributed by atoms with E-state index in [-0.39, 0.29) is 29.2 Å². The zero-order valence-electron chi connectivity index (χ0n) is 24.7. The van der Waals surface area contributed by atoms with Crippen molar-refractivity contribution in [3.05, 3.63) is 60.8 Å². The third kappa shape index (κ3) is 6.49. The number of nitrogens with zero attached hydrogens (tertiary/aromatic N) is 6. The Balaban J connectivity index is 1.73. The van der Waals surface area contributed by atoms with Crippen molar-refractivity contribution in [3.63, 3.8) is 0 Å². The van der Waals surface area contributed by atoms with Gasteiger partial charge in [0.25, 0.3) is 0 Å². The second-order valence-electron chi connectivity index (χ2n) is 10.3. The van der Waals surface area contributed by atoms with Gasteiger partial charge in [0, 0.05) is 44.0 Å². The number of anilines is 4. The minimum atomic E-state index is -0.801. The maximum Gasteiger partial charge on any atom is 0.247 e. The molecule has 0 saturated carbocycles. The molecule has 2 aromatic heterocycles. The van der Waals surface area contributed by atoms with E-state index in [2.05, 4.69) is 37.1 Å². The van der Waals surface area contributed by atoms with Gasteiger partial charge in [0.2, 0.25) is 11.9 Å². The standard InChI is InChI=1S/C30H36F2N8O2/c1-8-28(41)34-22-15-23(26(42-7)16-24(22)39(6)12-11-38(4)5)36-30-33-10-9-21(35-30)19-13-20(32)29-25(14-19)40(18(2)3)27(17-31)37-29/h8-10,13-16,18H,1,11-12,17H2,2-7H3,(H,34,41)(H,33,35,36). The molecule has 0 atom stereocenters. The van der Waals surface area contributed by atoms with E-state index in [0.717, 1.165) is 12.2 Å². The van der Waals surface area contributed by atoms with Crippen LogP contribution in [0.2, 0.25) is 0 Å². The summed E-state index contributed by atoms with van der Waals surface area (Å²) in [5, 5.41) is 6.03. The lowest BCUT2D eigenvalue weighted by Crippen LogP contribution is -2.29. The normalized spacial score (nSPS) is 11.3. The SMILES string of the molecule is C=CC(=O)Nc1cc(Nc2nccc(-c3cc(F)c4nc(CF)n(C(C)C)c4c3)n2)c(OC)cc1N(C)CCN(C)C. The fraction of sp³-hybridized carbons (Fsp3) is 0.333. The molecule has 4 aromatic rings. The Labute approximate surface area is 244 Å². The van der Waals surface area contributed by atoms with Crippen LogP contribution in [0, 0.1) is 5.82 Å². The van der Waals surface area contributed by atoms with Crippen LogP contribution >= 0.6 is 0 Å². The highest BCUT2D eigenvalue weighted by atomic mass is 19.1. The zero-order chi connectivity index (χ0) is 30.6. The van der Waals surface area contributed by atoms with Crippen LogP contribution in [0.3, 0.4) is 0 Å². The first kappa shape index (κ1) is 30.4. The first-order valence-corrected chi connectivity index (χ1v) is 13.4. The van der Waals surface area contributed by atoms with Crippen molar-refractivity contribution in [2.75, 3.05) is 56.9 Å². The number of carbonyl (C=O) groups is 1. The molecule has 0 aliphatic carbocycles. The number of nitrogens with one attached hydrogen (secondary N) is 2. The number of benzene rings is 2. The topological polar surface area (TPSA) is 100 Å². The summed E-state index contributed by atoms with van der Waals surface area (Å²) in [7, 11) is 7.45. The summed E-state index contributed by atoms with van der Waals surface area (Å²) >= 11 is 0. The van der Waals surface area contributed by atoms with Crippen LogP contribution in [0.1, 0.15) is 25.7 Å². The van der Waals surface area contributed by atoms with Crippen molar-refractivity contribution in [2.24, 2.45) is 0 Å². The molecular formula is C30H36F2N8O2. The molecule has 0 aliphatic heterocycles. The van der Waals surface area contributed by atoms with Crippen molar-refractivity contribution in [1.82, 2.24) is 24.4 Å². The van der Waals surface area contributed by atoms with Crippen LogP contribution in [0.15, 0.2) is 49.2 Å². The van der Waals surface area contributed by atoms with E-state index in [1.54, 1.807) is 36.1 Å². The molecule has 0 unspecified atom stereocenters. The Hall–Kier alpha value is -4.58. The Morgan fingerprint density at radius 2 is 1.90 bits per heavy atom. The predicted molar refractivity (Wildman–Crippen MR) is 163 cm³/mol. The predicted octanol–water partition coefficient (Wildman–Crippen LogP) is 5.56. The first-order chi connectivity index (χ1) is 20.1. The highest BCUT2D eigenvalue weighted by Crippen LogP contribution is 2.38. The molecule has 0 bridgehead atoms. The Morgan fingerprint density at radius 3 is 2.55 bits per heavy atom. The molecule has 0 spiro atoms. The number of methoxy groups -OCH3 is 1. The number of aromatic nitrogens is 4. The average molecular weight is 579 g/mol. The van der Waals surface area contributed by atoms with E-state index in [4.69, 9.17) is 4.74 Å². The van der Waals surface area contributed by atoms with Gasteiger partial charge in [-0.1, -0.05) is 6.58 Å². The maximum absolute atomic E-state index is 15.1. The molecule has 222 valence electrons. The number of rotatable bonds is 12. The fourth-order valence-electron chi connectivity index (χ4n) is 4.63. The lowest BCUT2D eigenvalue weighted by molar-refractivity contribution is -0.111. The van der Waals surface area contributed by atoms with E-state index in [1.165, 1.54) is 12.1 Å². The molecule has 0 radical (unpaired) electrons. The largest absolute Gasteiger partial charge is 0.494 e. The highest BCUT2D eigenvalue weighted by molar-refractivity contribution is 6.02. The zero-order valence-corrected chi connectivity index (χ0v) is 24.7. The molecule has 2 heterocycles. The van der Waals surface area contributed by atoms with Gasteiger partial charge in [-0.15, -0.1) is 0 Å². The van der Waals surface area contributed by atoms with Crippen molar-refractivity contribution in [1.29, 1.82) is 0 Å². The molecule has 10 nitrogen and oxygen atoms in total. The minimum Gasteiger partial charge on any atom is -0.494 e. The number of alkyl halides is 1.